The number of terminal acetylenes is 1. The highest BCUT2D eigenvalue weighted by atomic mass is 32.2. The van der Waals surface area contributed by atoms with Gasteiger partial charge in [-0.3, -0.25) is 9.78 Å². The van der Waals surface area contributed by atoms with E-state index >= 15 is 0 Å². The second-order valence-corrected chi connectivity index (χ2v) is 11.4. The van der Waals surface area contributed by atoms with Crippen LogP contribution in [0, 0.1) is 12.8 Å². The van der Waals surface area contributed by atoms with Gasteiger partial charge in [0.1, 0.15) is 5.60 Å². The normalized spacial score (nSPS) is 15.8. The number of fused-ring (bicyclic) bond motifs is 1. The van der Waals surface area contributed by atoms with E-state index in [1.54, 1.807) is 42.5 Å². The monoisotopic (exact) mass is 534 g/mol. The van der Waals surface area contributed by atoms with Crippen molar-refractivity contribution in [2.24, 2.45) is 0 Å². The number of ether oxygens (including phenoxy) is 1. The zero-order chi connectivity index (χ0) is 27.9. The third kappa shape index (κ3) is 6.97. The maximum atomic E-state index is 13.2. The second kappa shape index (κ2) is 12.2. The lowest BCUT2D eigenvalue weighted by atomic mass is 9.91. The first-order valence-electron chi connectivity index (χ1n) is 12.4. The van der Waals surface area contributed by atoms with E-state index in [0.717, 1.165) is 17.5 Å². The molecule has 0 radical (unpaired) electrons. The summed E-state index contributed by atoms with van der Waals surface area (Å²) in [6.07, 6.45) is 14.9. The molecule has 38 heavy (non-hydrogen) atoms. The summed E-state index contributed by atoms with van der Waals surface area (Å²) in [6.45, 7) is 6.32. The van der Waals surface area contributed by atoms with Crippen LogP contribution in [0.2, 0.25) is 0 Å². The molecule has 0 aliphatic carbocycles. The van der Waals surface area contributed by atoms with Gasteiger partial charge < -0.3 is 9.64 Å². The number of carbonyl (C=O) groups is 1. The molecule has 3 heterocycles. The molecule has 1 aromatic carbocycles. The number of aromatic nitrogens is 2. The van der Waals surface area contributed by atoms with Gasteiger partial charge in [-0.05, 0) is 68.1 Å². The smallest absolute Gasteiger partial charge is 0.255 e. The Hall–Kier alpha value is -3.74. The average Bonchev–Trinajstić information content (AvgIpc) is 2.92. The average molecular weight is 535 g/mol. The molecule has 8 nitrogen and oxygen atoms in total. The summed E-state index contributed by atoms with van der Waals surface area (Å²) < 4.78 is 35.3. The van der Waals surface area contributed by atoms with Crippen LogP contribution in [0.4, 0.5) is 0 Å². The zero-order valence-electron chi connectivity index (χ0n) is 22.2. The molecule has 2 aromatic heterocycles. The Morgan fingerprint density at radius 3 is 2.42 bits per heavy atom. The molecule has 3 aromatic rings. The minimum Gasteiger partial charge on any atom is -0.471 e. The Kier molecular flexibility index (Phi) is 9.26. The van der Waals surface area contributed by atoms with Crippen LogP contribution in [0.3, 0.4) is 0 Å². The number of carbonyl (C=O) groups excluding carboxylic acids is 1. The molecular weight excluding hydrogens is 500 g/mol. The topological polar surface area (TPSA) is 101 Å². The van der Waals surface area contributed by atoms with Gasteiger partial charge in [0.05, 0.1) is 16.5 Å². The van der Waals surface area contributed by atoms with E-state index < -0.39 is 21.7 Å². The number of nitrogens with one attached hydrogen (secondary N) is 1. The molecule has 4 rings (SSSR count). The van der Waals surface area contributed by atoms with E-state index in [0.29, 0.717) is 36.4 Å². The van der Waals surface area contributed by atoms with Crippen molar-refractivity contribution in [3.05, 3.63) is 83.3 Å². The van der Waals surface area contributed by atoms with Gasteiger partial charge in [-0.25, -0.2) is 18.1 Å². The first kappa shape index (κ1) is 28.8. The number of likely N-dealkylation sites (N-methyl/N-ethyl adjacent to an activating group) is 1. The summed E-state index contributed by atoms with van der Waals surface area (Å²) in [7, 11) is -2.06. The lowest BCUT2D eigenvalue weighted by Crippen LogP contribution is -2.42. The molecule has 1 aliphatic rings. The molecule has 200 valence electrons. The maximum Gasteiger partial charge on any atom is 0.255 e. The number of amides is 1. The van der Waals surface area contributed by atoms with Gasteiger partial charge in [0.2, 0.25) is 15.9 Å². The van der Waals surface area contributed by atoms with Crippen molar-refractivity contribution in [1.82, 2.24) is 19.6 Å². The van der Waals surface area contributed by atoms with E-state index in [4.69, 9.17) is 4.74 Å². The van der Waals surface area contributed by atoms with E-state index in [1.807, 2.05) is 45.0 Å². The van der Waals surface area contributed by atoms with E-state index in [-0.39, 0.29) is 10.8 Å². The van der Waals surface area contributed by atoms with Crippen molar-refractivity contribution in [1.29, 1.82) is 0 Å². The molecular formula is C29H34N4O4S. The van der Waals surface area contributed by atoms with Crippen molar-refractivity contribution >= 4 is 15.9 Å². The Morgan fingerprint density at radius 1 is 1.13 bits per heavy atom. The van der Waals surface area contributed by atoms with Gasteiger partial charge in [-0.2, -0.15) is 0 Å². The van der Waals surface area contributed by atoms with Crippen LogP contribution < -0.4 is 9.46 Å². The largest absolute Gasteiger partial charge is 0.471 e. The molecule has 0 fully saturated rings. The number of hydrogen-bond donors (Lipinski definition) is 1. The number of hydrogen-bond acceptors (Lipinski definition) is 6. The summed E-state index contributed by atoms with van der Waals surface area (Å²) >= 11 is 0. The molecule has 0 saturated heterocycles. The summed E-state index contributed by atoms with van der Waals surface area (Å²) in [4.78, 5) is 23.4. The minimum absolute atomic E-state index is 0.194. The van der Waals surface area contributed by atoms with Crippen LogP contribution >= 0.6 is 0 Å². The van der Waals surface area contributed by atoms with Gasteiger partial charge in [-0.1, -0.05) is 19.1 Å². The molecule has 1 aliphatic heterocycles. The fourth-order valence-electron chi connectivity index (χ4n) is 4.26. The van der Waals surface area contributed by atoms with Gasteiger partial charge in [0, 0.05) is 44.2 Å². The minimum atomic E-state index is -3.80. The van der Waals surface area contributed by atoms with Crippen molar-refractivity contribution < 1.29 is 17.9 Å². The highest BCUT2D eigenvalue weighted by Gasteiger charge is 2.37. The van der Waals surface area contributed by atoms with Crippen molar-refractivity contribution in [2.75, 3.05) is 13.6 Å². The lowest BCUT2D eigenvalue weighted by molar-refractivity contribution is 0.0638. The van der Waals surface area contributed by atoms with Gasteiger partial charge >= 0.3 is 0 Å². The van der Waals surface area contributed by atoms with Crippen LogP contribution in [0.5, 0.6) is 5.88 Å². The third-order valence-corrected chi connectivity index (χ3v) is 7.83. The number of nitrogens with zero attached hydrogens (tertiary/aromatic N) is 3. The molecule has 0 unspecified atom stereocenters. The van der Waals surface area contributed by atoms with Crippen molar-refractivity contribution in [2.45, 2.75) is 56.6 Å². The van der Waals surface area contributed by atoms with E-state index in [1.165, 1.54) is 6.20 Å². The molecule has 1 N–H and O–H groups in total. The van der Waals surface area contributed by atoms with Gasteiger partial charge in [0.15, 0.2) is 0 Å². The molecule has 9 heteroatoms. The molecule has 1 atom stereocenters. The van der Waals surface area contributed by atoms with Crippen LogP contribution in [0.1, 0.15) is 60.3 Å². The van der Waals surface area contributed by atoms with Crippen LogP contribution in [-0.4, -0.2) is 48.4 Å². The predicted molar refractivity (Wildman–Crippen MR) is 147 cm³/mol. The molecule has 0 bridgehead atoms. The van der Waals surface area contributed by atoms with Crippen molar-refractivity contribution in [3.8, 4) is 18.7 Å². The first-order chi connectivity index (χ1) is 18.1. The summed E-state index contributed by atoms with van der Waals surface area (Å²) in [6, 6.07) is 11.8. The number of aryl methyl sites for hydroxylation is 1. The van der Waals surface area contributed by atoms with Crippen molar-refractivity contribution in [3.63, 3.8) is 0 Å². The van der Waals surface area contributed by atoms with Crippen LogP contribution in [0.15, 0.2) is 66.0 Å². The summed E-state index contributed by atoms with van der Waals surface area (Å²) in [5, 5.41) is 0. The predicted octanol–water partition coefficient (Wildman–Crippen LogP) is 4.18. The first-order valence-corrected chi connectivity index (χ1v) is 13.8. The quantitative estimate of drug-likeness (QED) is 0.435. The third-order valence-electron chi connectivity index (χ3n) is 6.34. The Bertz CT molecular complexity index is 1370. The fraction of sp³-hybridized carbons (Fsp3) is 0.345. The number of sulfonamides is 1. The standard InChI is InChI=1S/C27H32N4O4S.C2H2/c1-5-19-6-8-22(9-7-19)36(33,34)30-24-17-27(2,3)35-25-23(24)16-21(18-29-25)26(32)31(4)15-12-20-10-13-28-14-11-20;1-2/h6-11,13-14,16,18,24,30H,5,12,15,17H2,1-4H3;1-2H/t24-;/m0./s1. The molecule has 0 spiro atoms. The van der Waals surface area contributed by atoms with Gasteiger partial charge in [-0.15, -0.1) is 12.8 Å². The van der Waals surface area contributed by atoms with E-state index in [9.17, 15) is 13.2 Å². The highest BCUT2D eigenvalue weighted by Crippen LogP contribution is 2.39. The molecule has 1 amide bonds. The highest BCUT2D eigenvalue weighted by molar-refractivity contribution is 7.89. The summed E-state index contributed by atoms with van der Waals surface area (Å²) in [5.41, 5.74) is 2.45. The number of rotatable bonds is 8. The fourth-order valence-corrected chi connectivity index (χ4v) is 5.47. The Labute approximate surface area is 225 Å². The van der Waals surface area contributed by atoms with Crippen LogP contribution in [0.25, 0.3) is 0 Å². The van der Waals surface area contributed by atoms with Gasteiger partial charge in [0.25, 0.3) is 5.91 Å². The Balaban J connectivity index is 0.00000195. The Morgan fingerprint density at radius 2 is 1.79 bits per heavy atom. The number of pyridine rings is 2. The van der Waals surface area contributed by atoms with E-state index in [2.05, 4.69) is 27.5 Å². The SMILES string of the molecule is C#C.CCc1ccc(S(=O)(=O)N[C@H]2CC(C)(C)Oc3ncc(C(=O)N(C)CCc4ccncc4)cc32)cc1. The summed E-state index contributed by atoms with van der Waals surface area (Å²) in [5.74, 6) is 0.136. The number of benzene rings is 1. The maximum absolute atomic E-state index is 13.2. The lowest BCUT2D eigenvalue weighted by Gasteiger charge is -2.37. The molecule has 0 saturated carbocycles. The zero-order valence-corrected chi connectivity index (χ0v) is 23.0. The van der Waals surface area contributed by atoms with Crippen LogP contribution in [-0.2, 0) is 22.9 Å². The second-order valence-electron chi connectivity index (χ2n) is 9.69.